The molecule has 140 valence electrons. The molecule has 0 saturated heterocycles. The van der Waals surface area contributed by atoms with E-state index in [1.165, 1.54) is 0 Å². The van der Waals surface area contributed by atoms with E-state index in [9.17, 15) is 4.79 Å². The average Bonchev–Trinajstić information content (AvgIpc) is 2.72. The topological polar surface area (TPSA) is 60.5 Å². The van der Waals surface area contributed by atoms with Gasteiger partial charge in [0.05, 0.1) is 19.4 Å². The van der Waals surface area contributed by atoms with Crippen LogP contribution in [0.4, 0.5) is 5.69 Å². The number of pyridine rings is 1. The molecule has 1 N–H and O–H groups in total. The third-order valence-electron chi connectivity index (χ3n) is 4.33. The highest BCUT2D eigenvalue weighted by Crippen LogP contribution is 2.30. The van der Waals surface area contributed by atoms with Crippen molar-refractivity contribution >= 4 is 22.5 Å². The lowest BCUT2D eigenvalue weighted by Gasteiger charge is -2.11. The van der Waals surface area contributed by atoms with Crippen molar-refractivity contribution in [2.75, 3.05) is 19.0 Å². The van der Waals surface area contributed by atoms with Gasteiger partial charge in [0, 0.05) is 17.1 Å². The summed E-state index contributed by atoms with van der Waals surface area (Å²) < 4.78 is 11.0. The van der Waals surface area contributed by atoms with Gasteiger partial charge < -0.3 is 14.8 Å². The van der Waals surface area contributed by atoms with Crippen molar-refractivity contribution in [3.8, 4) is 11.5 Å². The zero-order valence-corrected chi connectivity index (χ0v) is 15.7. The van der Waals surface area contributed by atoms with Crippen LogP contribution >= 0.6 is 0 Å². The van der Waals surface area contributed by atoms with Crippen molar-refractivity contribution in [3.05, 3.63) is 60.3 Å². The van der Waals surface area contributed by atoms with Crippen LogP contribution in [0.25, 0.3) is 10.9 Å². The molecule has 0 aliphatic rings. The Morgan fingerprint density at radius 2 is 1.89 bits per heavy atom. The molecule has 1 amide bonds. The molecule has 27 heavy (non-hydrogen) atoms. The van der Waals surface area contributed by atoms with E-state index in [-0.39, 0.29) is 5.91 Å². The Morgan fingerprint density at radius 3 is 2.63 bits per heavy atom. The summed E-state index contributed by atoms with van der Waals surface area (Å²) in [5.41, 5.74) is 1.99. The maximum atomic E-state index is 12.6. The Morgan fingerprint density at radius 1 is 1.07 bits per heavy atom. The van der Waals surface area contributed by atoms with Crippen LogP contribution in [0.15, 0.2) is 54.7 Å². The molecule has 5 nitrogen and oxygen atoms in total. The van der Waals surface area contributed by atoms with Crippen LogP contribution < -0.4 is 14.8 Å². The van der Waals surface area contributed by atoms with Gasteiger partial charge in [0.15, 0.2) is 0 Å². The van der Waals surface area contributed by atoms with Crippen molar-refractivity contribution < 1.29 is 14.3 Å². The molecule has 3 rings (SSSR count). The van der Waals surface area contributed by atoms with Gasteiger partial charge in [0.2, 0.25) is 0 Å². The summed E-state index contributed by atoms with van der Waals surface area (Å²) in [5.74, 6) is 1.28. The summed E-state index contributed by atoms with van der Waals surface area (Å²) in [4.78, 5) is 17.0. The van der Waals surface area contributed by atoms with Gasteiger partial charge in [-0.3, -0.25) is 9.78 Å². The van der Waals surface area contributed by atoms with Gasteiger partial charge in [-0.15, -0.1) is 0 Å². The fourth-order valence-corrected chi connectivity index (χ4v) is 2.86. The second kappa shape index (κ2) is 9.03. The summed E-state index contributed by atoms with van der Waals surface area (Å²) in [6, 6.07) is 14.6. The van der Waals surface area contributed by atoms with Crippen molar-refractivity contribution in [3.63, 3.8) is 0 Å². The first-order valence-corrected chi connectivity index (χ1v) is 9.19. The Labute approximate surface area is 159 Å². The lowest BCUT2D eigenvalue weighted by atomic mass is 10.1. The third-order valence-corrected chi connectivity index (χ3v) is 4.33. The first-order valence-electron chi connectivity index (χ1n) is 9.19. The summed E-state index contributed by atoms with van der Waals surface area (Å²) in [7, 11) is 1.60. The van der Waals surface area contributed by atoms with Crippen LogP contribution in [-0.2, 0) is 0 Å². The van der Waals surface area contributed by atoms with Crippen molar-refractivity contribution in [1.82, 2.24) is 4.98 Å². The predicted molar refractivity (Wildman–Crippen MR) is 108 cm³/mol. The Kier molecular flexibility index (Phi) is 6.26. The number of methoxy groups -OCH3 is 1. The number of fused-ring (bicyclic) bond motifs is 1. The fourth-order valence-electron chi connectivity index (χ4n) is 2.86. The summed E-state index contributed by atoms with van der Waals surface area (Å²) >= 11 is 0. The number of amides is 1. The molecule has 0 fully saturated rings. The Hall–Kier alpha value is -3.08. The monoisotopic (exact) mass is 364 g/mol. The molecule has 1 heterocycles. The first-order chi connectivity index (χ1) is 13.2. The largest absolute Gasteiger partial charge is 0.494 e. The number of benzene rings is 2. The number of nitrogens with zero attached hydrogens (tertiary/aromatic N) is 1. The van der Waals surface area contributed by atoms with Gasteiger partial charge in [-0.1, -0.05) is 19.8 Å². The van der Waals surface area contributed by atoms with E-state index >= 15 is 0 Å². The maximum absolute atomic E-state index is 12.6. The number of unbranched alkanes of at least 4 members (excludes halogenated alkanes) is 2. The first kappa shape index (κ1) is 18.7. The van der Waals surface area contributed by atoms with Crippen molar-refractivity contribution in [2.24, 2.45) is 0 Å². The van der Waals surface area contributed by atoms with Crippen LogP contribution in [0.1, 0.15) is 36.5 Å². The minimum absolute atomic E-state index is 0.178. The van der Waals surface area contributed by atoms with E-state index in [1.54, 1.807) is 31.5 Å². The number of hydrogen-bond acceptors (Lipinski definition) is 4. The highest BCUT2D eigenvalue weighted by Gasteiger charge is 2.11. The Balaban J connectivity index is 1.71. The van der Waals surface area contributed by atoms with Crippen LogP contribution in [0.3, 0.4) is 0 Å². The van der Waals surface area contributed by atoms with Crippen molar-refractivity contribution in [1.29, 1.82) is 0 Å². The molecule has 1 aromatic heterocycles. The molecule has 0 aliphatic heterocycles. The molecule has 0 radical (unpaired) electrons. The van der Waals surface area contributed by atoms with Gasteiger partial charge in [-0.25, -0.2) is 0 Å². The fraction of sp³-hybridized carbons (Fsp3) is 0.273. The predicted octanol–water partition coefficient (Wildman–Crippen LogP) is 5.06. The second-order valence-electron chi connectivity index (χ2n) is 6.25. The molecule has 5 heteroatoms. The quantitative estimate of drug-likeness (QED) is 0.567. The smallest absolute Gasteiger partial charge is 0.255 e. The van der Waals surface area contributed by atoms with E-state index in [2.05, 4.69) is 17.2 Å². The van der Waals surface area contributed by atoms with Crippen LogP contribution in [0.5, 0.6) is 11.5 Å². The van der Waals surface area contributed by atoms with Gasteiger partial charge in [-0.2, -0.15) is 0 Å². The summed E-state index contributed by atoms with van der Waals surface area (Å²) in [6.45, 7) is 2.86. The number of anilines is 1. The van der Waals surface area contributed by atoms with Gasteiger partial charge in [0.1, 0.15) is 17.0 Å². The van der Waals surface area contributed by atoms with E-state index in [0.29, 0.717) is 29.1 Å². The molecular weight excluding hydrogens is 340 g/mol. The molecule has 2 aromatic carbocycles. The zero-order chi connectivity index (χ0) is 19.1. The van der Waals surface area contributed by atoms with E-state index in [4.69, 9.17) is 9.47 Å². The number of aromatic nitrogens is 1. The average molecular weight is 364 g/mol. The highest BCUT2D eigenvalue weighted by atomic mass is 16.5. The highest BCUT2D eigenvalue weighted by molar-refractivity contribution is 6.09. The molecular formula is C22H24N2O3. The molecule has 0 aliphatic carbocycles. The number of carbonyl (C=O) groups excluding carboxylic acids is 1. The van der Waals surface area contributed by atoms with E-state index < -0.39 is 0 Å². The second-order valence-corrected chi connectivity index (χ2v) is 6.25. The third kappa shape index (κ3) is 4.56. The van der Waals surface area contributed by atoms with Crippen LogP contribution in [0, 0.1) is 0 Å². The number of hydrogen-bond donors (Lipinski definition) is 1. The normalized spacial score (nSPS) is 10.6. The van der Waals surface area contributed by atoms with Crippen molar-refractivity contribution in [2.45, 2.75) is 26.2 Å². The molecule has 3 aromatic rings. The van der Waals surface area contributed by atoms with Crippen LogP contribution in [-0.4, -0.2) is 24.6 Å². The molecule has 0 atom stereocenters. The SMILES string of the molecule is CCCCCOc1ccc(C(=O)Nc2ccc(OC)c3ncccc23)cc1. The van der Waals surface area contributed by atoms with Gasteiger partial charge in [0.25, 0.3) is 5.91 Å². The minimum Gasteiger partial charge on any atom is -0.494 e. The van der Waals surface area contributed by atoms with Gasteiger partial charge >= 0.3 is 0 Å². The van der Waals surface area contributed by atoms with E-state index in [0.717, 1.165) is 30.4 Å². The number of rotatable bonds is 8. The summed E-state index contributed by atoms with van der Waals surface area (Å²) in [6.07, 6.45) is 5.07. The summed E-state index contributed by atoms with van der Waals surface area (Å²) in [5, 5.41) is 3.79. The number of carbonyl (C=O) groups is 1. The zero-order valence-electron chi connectivity index (χ0n) is 15.7. The number of ether oxygens (including phenoxy) is 2. The van der Waals surface area contributed by atoms with E-state index in [1.807, 2.05) is 30.3 Å². The lowest BCUT2D eigenvalue weighted by Crippen LogP contribution is -2.12. The molecule has 0 bridgehead atoms. The maximum Gasteiger partial charge on any atom is 0.255 e. The van der Waals surface area contributed by atoms with Gasteiger partial charge in [-0.05, 0) is 55.0 Å². The molecule has 0 saturated carbocycles. The lowest BCUT2D eigenvalue weighted by molar-refractivity contribution is 0.102. The molecule has 0 unspecified atom stereocenters. The standard InChI is InChI=1S/C22H24N2O3/c1-3-4-5-15-27-17-10-8-16(9-11-17)22(25)24-19-12-13-20(26-2)21-18(19)7-6-14-23-21/h6-14H,3-5,15H2,1-2H3,(H,24,25). The Bertz CT molecular complexity index is 907. The molecule has 0 spiro atoms. The minimum atomic E-state index is -0.178. The number of nitrogens with one attached hydrogen (secondary N) is 1. The van der Waals surface area contributed by atoms with Crippen LogP contribution in [0.2, 0.25) is 0 Å².